The summed E-state index contributed by atoms with van der Waals surface area (Å²) >= 11 is 0. The number of nitrogens with two attached hydrogens (primary N) is 1. The standard InChI is InChI=1S/C10H14N4O5S/c11-13-10(15)2-1-7-12-20(18,19)9-5-3-8(4-6-9)14(16)17/h3-6,12H,1-2,7,11H2,(H,13,15). The SMILES string of the molecule is NNC(=O)CCCNS(=O)(=O)c1ccc([N+](=O)[O-])cc1. The Morgan fingerprint density at radius 2 is 1.90 bits per heavy atom. The zero-order valence-electron chi connectivity index (χ0n) is 10.4. The molecular weight excluding hydrogens is 288 g/mol. The lowest BCUT2D eigenvalue weighted by Crippen LogP contribution is -2.31. The Bertz CT molecular complexity index is 584. The van der Waals surface area contributed by atoms with Gasteiger partial charge in [0.1, 0.15) is 0 Å². The van der Waals surface area contributed by atoms with Gasteiger partial charge in [-0.25, -0.2) is 19.0 Å². The number of nitrogens with zero attached hydrogens (tertiary/aromatic N) is 1. The molecule has 0 spiro atoms. The summed E-state index contributed by atoms with van der Waals surface area (Å²) in [6.07, 6.45) is 0.383. The van der Waals surface area contributed by atoms with Crippen LogP contribution in [0.5, 0.6) is 0 Å². The molecule has 20 heavy (non-hydrogen) atoms. The summed E-state index contributed by atoms with van der Waals surface area (Å²) < 4.78 is 25.9. The third-order valence-corrected chi connectivity index (χ3v) is 3.87. The molecule has 1 amide bonds. The first-order valence-corrected chi connectivity index (χ1v) is 7.08. The molecule has 0 saturated carbocycles. The van der Waals surface area contributed by atoms with Crippen molar-refractivity contribution in [3.05, 3.63) is 34.4 Å². The van der Waals surface area contributed by atoms with Crippen LogP contribution in [0.3, 0.4) is 0 Å². The first-order chi connectivity index (χ1) is 9.36. The number of nitro groups is 1. The van der Waals surface area contributed by atoms with Crippen molar-refractivity contribution in [2.24, 2.45) is 5.84 Å². The average molecular weight is 302 g/mol. The minimum Gasteiger partial charge on any atom is -0.294 e. The number of amides is 1. The Kier molecular flexibility index (Phi) is 5.55. The Morgan fingerprint density at radius 3 is 2.40 bits per heavy atom. The molecule has 1 aromatic carbocycles. The van der Waals surface area contributed by atoms with E-state index in [1.165, 1.54) is 0 Å². The zero-order chi connectivity index (χ0) is 15.2. The van der Waals surface area contributed by atoms with Crippen LogP contribution in [-0.4, -0.2) is 25.8 Å². The minimum absolute atomic E-state index is 0.0622. The van der Waals surface area contributed by atoms with Crippen LogP contribution >= 0.6 is 0 Å². The van der Waals surface area contributed by atoms with E-state index in [-0.39, 0.29) is 35.9 Å². The second-order valence-corrected chi connectivity index (χ2v) is 5.59. The van der Waals surface area contributed by atoms with E-state index >= 15 is 0 Å². The topological polar surface area (TPSA) is 144 Å². The Morgan fingerprint density at radius 1 is 1.30 bits per heavy atom. The predicted molar refractivity (Wildman–Crippen MR) is 69.8 cm³/mol. The van der Waals surface area contributed by atoms with Crippen molar-refractivity contribution in [1.82, 2.24) is 10.1 Å². The highest BCUT2D eigenvalue weighted by Crippen LogP contribution is 2.15. The summed E-state index contributed by atoms with van der Waals surface area (Å²) in [5.41, 5.74) is 1.74. The molecule has 1 rings (SSSR count). The number of rotatable bonds is 7. The highest BCUT2D eigenvalue weighted by Gasteiger charge is 2.15. The third kappa shape index (κ3) is 4.57. The second kappa shape index (κ2) is 6.93. The van der Waals surface area contributed by atoms with Gasteiger partial charge in [0.15, 0.2) is 0 Å². The number of hydrogen-bond acceptors (Lipinski definition) is 6. The van der Waals surface area contributed by atoms with Crippen molar-refractivity contribution in [2.75, 3.05) is 6.54 Å². The molecule has 1 aromatic rings. The summed E-state index contributed by atoms with van der Waals surface area (Å²) in [5, 5.41) is 10.5. The van der Waals surface area contributed by atoms with Crippen LogP contribution in [0, 0.1) is 10.1 Å². The lowest BCUT2D eigenvalue weighted by atomic mass is 10.3. The fraction of sp³-hybridized carbons (Fsp3) is 0.300. The van der Waals surface area contributed by atoms with Gasteiger partial charge in [-0.05, 0) is 18.6 Å². The largest absolute Gasteiger partial charge is 0.294 e. The zero-order valence-corrected chi connectivity index (χ0v) is 11.2. The average Bonchev–Trinajstić information content (AvgIpc) is 2.43. The van der Waals surface area contributed by atoms with Crippen molar-refractivity contribution in [3.8, 4) is 0 Å². The summed E-state index contributed by atoms with van der Waals surface area (Å²) in [7, 11) is -3.74. The maximum atomic E-state index is 11.8. The molecule has 0 aliphatic rings. The Labute approximate surface area is 115 Å². The van der Waals surface area contributed by atoms with Crippen molar-refractivity contribution < 1.29 is 18.1 Å². The van der Waals surface area contributed by atoms with Gasteiger partial charge in [-0.1, -0.05) is 0 Å². The van der Waals surface area contributed by atoms with Gasteiger partial charge in [0.25, 0.3) is 5.69 Å². The summed E-state index contributed by atoms with van der Waals surface area (Å²) in [5.74, 6) is 4.49. The van der Waals surface area contributed by atoms with E-state index in [9.17, 15) is 23.3 Å². The van der Waals surface area contributed by atoms with Crippen molar-refractivity contribution in [2.45, 2.75) is 17.7 Å². The van der Waals surface area contributed by atoms with Crippen LogP contribution in [-0.2, 0) is 14.8 Å². The summed E-state index contributed by atoms with van der Waals surface area (Å²) in [6, 6.07) is 4.51. The minimum atomic E-state index is -3.74. The van der Waals surface area contributed by atoms with Gasteiger partial charge in [0.05, 0.1) is 9.82 Å². The number of nitro benzene ring substituents is 1. The number of non-ortho nitro benzene ring substituents is 1. The van der Waals surface area contributed by atoms with Gasteiger partial charge in [-0.2, -0.15) is 0 Å². The number of nitrogens with one attached hydrogen (secondary N) is 2. The smallest absolute Gasteiger partial charge is 0.269 e. The van der Waals surface area contributed by atoms with Crippen LogP contribution in [0.4, 0.5) is 5.69 Å². The van der Waals surface area contributed by atoms with E-state index in [0.29, 0.717) is 0 Å². The maximum Gasteiger partial charge on any atom is 0.269 e. The van der Waals surface area contributed by atoms with Gasteiger partial charge < -0.3 is 0 Å². The molecule has 0 aromatic heterocycles. The van der Waals surface area contributed by atoms with Gasteiger partial charge in [-0.15, -0.1) is 0 Å². The molecule has 9 nitrogen and oxygen atoms in total. The van der Waals surface area contributed by atoms with Gasteiger partial charge in [-0.3, -0.25) is 20.3 Å². The number of benzene rings is 1. The number of hydrazine groups is 1. The first-order valence-electron chi connectivity index (χ1n) is 5.60. The fourth-order valence-corrected chi connectivity index (χ4v) is 2.43. The van der Waals surface area contributed by atoms with Crippen molar-refractivity contribution in [1.29, 1.82) is 0 Å². The van der Waals surface area contributed by atoms with Crippen LogP contribution in [0.2, 0.25) is 0 Å². The van der Waals surface area contributed by atoms with Crippen LogP contribution in [0.1, 0.15) is 12.8 Å². The normalized spacial score (nSPS) is 11.1. The molecule has 10 heteroatoms. The highest BCUT2D eigenvalue weighted by atomic mass is 32.2. The quantitative estimate of drug-likeness (QED) is 0.206. The first kappa shape index (κ1) is 16.0. The van der Waals surface area contributed by atoms with Gasteiger partial charge in [0, 0.05) is 25.1 Å². The van der Waals surface area contributed by atoms with Crippen LogP contribution in [0.15, 0.2) is 29.2 Å². The van der Waals surface area contributed by atoms with E-state index in [1.807, 2.05) is 5.43 Å². The van der Waals surface area contributed by atoms with E-state index < -0.39 is 14.9 Å². The second-order valence-electron chi connectivity index (χ2n) is 3.82. The molecule has 0 radical (unpaired) electrons. The van der Waals surface area contributed by atoms with E-state index in [0.717, 1.165) is 24.3 Å². The molecular formula is C10H14N4O5S. The van der Waals surface area contributed by atoms with E-state index in [1.54, 1.807) is 0 Å². The molecule has 0 heterocycles. The van der Waals surface area contributed by atoms with Crippen molar-refractivity contribution >= 4 is 21.6 Å². The van der Waals surface area contributed by atoms with Crippen LogP contribution < -0.4 is 16.0 Å². The van der Waals surface area contributed by atoms with E-state index in [4.69, 9.17) is 5.84 Å². The Balaban J connectivity index is 2.60. The predicted octanol–water partition coefficient (Wildman–Crippen LogP) is -0.357. The number of sulfonamides is 1. The lowest BCUT2D eigenvalue weighted by molar-refractivity contribution is -0.384. The molecule has 0 aliphatic heterocycles. The monoisotopic (exact) mass is 302 g/mol. The third-order valence-electron chi connectivity index (χ3n) is 2.39. The number of carbonyl (C=O) groups excluding carboxylic acids is 1. The van der Waals surface area contributed by atoms with Crippen molar-refractivity contribution in [3.63, 3.8) is 0 Å². The lowest BCUT2D eigenvalue weighted by Gasteiger charge is -2.06. The molecule has 0 aliphatic carbocycles. The maximum absolute atomic E-state index is 11.8. The van der Waals surface area contributed by atoms with Crippen LogP contribution in [0.25, 0.3) is 0 Å². The van der Waals surface area contributed by atoms with Gasteiger partial charge >= 0.3 is 0 Å². The Hall–Kier alpha value is -2.04. The summed E-state index contributed by atoms with van der Waals surface area (Å²) in [4.78, 5) is 20.6. The molecule has 0 unspecified atom stereocenters. The molecule has 4 N–H and O–H groups in total. The highest BCUT2D eigenvalue weighted by molar-refractivity contribution is 7.89. The molecule has 0 fully saturated rings. The molecule has 0 saturated heterocycles. The fourth-order valence-electron chi connectivity index (χ4n) is 1.36. The summed E-state index contributed by atoms with van der Waals surface area (Å²) in [6.45, 7) is 0.0622. The molecule has 110 valence electrons. The van der Waals surface area contributed by atoms with Gasteiger partial charge in [0.2, 0.25) is 15.9 Å². The van der Waals surface area contributed by atoms with E-state index in [2.05, 4.69) is 4.72 Å². The molecule has 0 atom stereocenters. The molecule has 0 bridgehead atoms. The number of carbonyl (C=O) groups is 1. The number of hydrogen-bond donors (Lipinski definition) is 3.